The molecule has 4 aromatic rings. The number of aromatic nitrogens is 3. The lowest BCUT2D eigenvalue weighted by molar-refractivity contribution is -0.137. The molecule has 304 valence electrons. The van der Waals surface area contributed by atoms with E-state index in [0.29, 0.717) is 33.4 Å². The van der Waals surface area contributed by atoms with Crippen LogP contribution < -0.4 is 16.0 Å². The van der Waals surface area contributed by atoms with E-state index in [-0.39, 0.29) is 5.56 Å². The molecule has 12 heteroatoms. The predicted octanol–water partition coefficient (Wildman–Crippen LogP) is 12.6. The van der Waals surface area contributed by atoms with Gasteiger partial charge < -0.3 is 25.6 Å². The number of hydrogen-bond acceptors (Lipinski definition) is 7. The van der Waals surface area contributed by atoms with E-state index in [9.17, 15) is 18.0 Å². The molecule has 2 aromatic heterocycles. The van der Waals surface area contributed by atoms with Gasteiger partial charge in [-0.1, -0.05) is 129 Å². The minimum atomic E-state index is -4.41. The van der Waals surface area contributed by atoms with Crippen LogP contribution in [-0.2, 0) is 12.7 Å². The van der Waals surface area contributed by atoms with Gasteiger partial charge in [0, 0.05) is 6.54 Å². The van der Waals surface area contributed by atoms with Crippen LogP contribution in [0.4, 0.5) is 24.3 Å². The first kappa shape index (κ1) is 46.9. The van der Waals surface area contributed by atoms with E-state index in [2.05, 4.69) is 53.6 Å². The third-order valence-corrected chi connectivity index (χ3v) is 10.1. The van der Waals surface area contributed by atoms with Crippen molar-refractivity contribution in [3.05, 3.63) is 47.5 Å². The molecule has 0 fully saturated rings. The molecular weight excluding hydrogens is 710 g/mol. The number of fused-ring (bicyclic) bond motifs is 2. The second-order valence-electron chi connectivity index (χ2n) is 13.7. The molecular formula is C42H67F3N6O2S. The van der Waals surface area contributed by atoms with Crippen LogP contribution in [0.5, 0.6) is 0 Å². The maximum Gasteiger partial charge on any atom is 0.416 e. The third kappa shape index (κ3) is 17.9. The first-order valence-corrected chi connectivity index (χ1v) is 21.3. The molecule has 8 nitrogen and oxygen atoms in total. The zero-order valence-corrected chi connectivity index (χ0v) is 34.4. The van der Waals surface area contributed by atoms with E-state index >= 15 is 0 Å². The lowest BCUT2D eigenvalue weighted by Gasteiger charge is -2.05. The van der Waals surface area contributed by atoms with Gasteiger partial charge in [-0.05, 0) is 82.3 Å². The van der Waals surface area contributed by atoms with Crippen molar-refractivity contribution in [2.75, 3.05) is 31.5 Å². The number of halogens is 3. The van der Waals surface area contributed by atoms with Crippen LogP contribution in [0.3, 0.4) is 0 Å². The molecule has 2 aromatic carbocycles. The Morgan fingerprint density at radius 1 is 0.704 bits per heavy atom. The van der Waals surface area contributed by atoms with Crippen LogP contribution in [0.1, 0.15) is 153 Å². The molecule has 0 saturated heterocycles. The highest BCUT2D eigenvalue weighted by molar-refractivity contribution is 7.22. The number of nitrogens with zero attached hydrogens (tertiary/aromatic N) is 3. The molecule has 0 unspecified atom stereocenters. The number of carbonyl (C=O) groups is 1. The van der Waals surface area contributed by atoms with Crippen LogP contribution in [0, 0.1) is 0 Å². The van der Waals surface area contributed by atoms with Gasteiger partial charge in [-0.15, -0.1) is 0 Å². The largest absolute Gasteiger partial charge is 0.478 e. The molecule has 0 radical (unpaired) electrons. The Labute approximate surface area is 326 Å². The average Bonchev–Trinajstić information content (AvgIpc) is 3.72. The van der Waals surface area contributed by atoms with Crippen molar-refractivity contribution >= 4 is 49.6 Å². The van der Waals surface area contributed by atoms with Crippen molar-refractivity contribution in [3.63, 3.8) is 0 Å². The first-order valence-electron chi connectivity index (χ1n) is 20.5. The minimum Gasteiger partial charge on any atom is -0.478 e. The number of carboxylic acid groups (broad SMARTS) is 1. The summed E-state index contributed by atoms with van der Waals surface area (Å²) in [6, 6.07) is 8.05. The van der Waals surface area contributed by atoms with Crippen LogP contribution in [0.2, 0.25) is 0 Å². The van der Waals surface area contributed by atoms with Crippen molar-refractivity contribution in [1.29, 1.82) is 0 Å². The Balaban J connectivity index is 0.000000326. The number of alkyl halides is 3. The number of aryl methyl sites for hydroxylation is 1. The van der Waals surface area contributed by atoms with Crippen molar-refractivity contribution in [3.8, 4) is 0 Å². The van der Waals surface area contributed by atoms with Gasteiger partial charge in [-0.3, -0.25) is 0 Å². The number of benzene rings is 2. The summed E-state index contributed by atoms with van der Waals surface area (Å²) in [6.07, 6.45) is 18.3. The number of imidazole rings is 1. The van der Waals surface area contributed by atoms with Crippen molar-refractivity contribution in [1.82, 2.24) is 25.2 Å². The average molecular weight is 777 g/mol. The van der Waals surface area contributed by atoms with Crippen LogP contribution in [-0.4, -0.2) is 51.8 Å². The summed E-state index contributed by atoms with van der Waals surface area (Å²) < 4.78 is 40.9. The molecule has 0 aliphatic rings. The number of aromatic carboxylic acids is 1. The molecule has 0 amide bonds. The summed E-state index contributed by atoms with van der Waals surface area (Å²) in [5.41, 5.74) is 1.10. The second kappa shape index (κ2) is 27.4. The summed E-state index contributed by atoms with van der Waals surface area (Å²) in [7, 11) is 0. The third-order valence-electron chi connectivity index (χ3n) is 9.16. The number of thiazole rings is 1. The van der Waals surface area contributed by atoms with Gasteiger partial charge >= 0.3 is 12.1 Å². The van der Waals surface area contributed by atoms with Crippen molar-refractivity contribution < 1.29 is 23.1 Å². The summed E-state index contributed by atoms with van der Waals surface area (Å²) >= 11 is 1.09. The van der Waals surface area contributed by atoms with Gasteiger partial charge in [-0.25, -0.2) is 14.8 Å². The van der Waals surface area contributed by atoms with Gasteiger partial charge in [0.2, 0.25) is 5.95 Å². The predicted molar refractivity (Wildman–Crippen MR) is 223 cm³/mol. The zero-order valence-electron chi connectivity index (χ0n) is 33.6. The Morgan fingerprint density at radius 3 is 1.72 bits per heavy atom. The monoisotopic (exact) mass is 776 g/mol. The number of unbranched alkanes of at least 4 members (excludes halogenated alkanes) is 14. The maximum atomic E-state index is 12.9. The smallest absolute Gasteiger partial charge is 0.416 e. The number of hydrogen-bond donors (Lipinski definition) is 4. The Hall–Kier alpha value is -3.22. The highest BCUT2D eigenvalue weighted by Crippen LogP contribution is 2.35. The van der Waals surface area contributed by atoms with Crippen molar-refractivity contribution in [2.45, 2.75) is 150 Å². The second-order valence-corrected chi connectivity index (χ2v) is 14.7. The fourth-order valence-corrected chi connectivity index (χ4v) is 6.95. The molecule has 2 heterocycles. The standard InChI is InChI=1S/C18H13F3N4O2S.2C12H27N/c1-2-25-13-6-3-9(15(26)27)7-12(13)22-16(25)24-17-23-11-5-4-10(18(19,20)21)8-14(11)28-17;2*1-3-5-6-7-8-9-10-11-12-13-4-2/h3-8H,2H2,1H3,(H,26,27)(H,22,23,24);2*13H,3-12H2,1-2H3. The quantitative estimate of drug-likeness (QED) is 0.0525. The molecule has 0 aliphatic heterocycles. The fraction of sp³-hybridized carbons (Fsp3) is 0.643. The lowest BCUT2D eigenvalue weighted by atomic mass is 10.1. The van der Waals surface area contributed by atoms with Crippen LogP contribution in [0.25, 0.3) is 21.3 Å². The molecule has 0 saturated carbocycles. The van der Waals surface area contributed by atoms with Gasteiger partial charge in [0.05, 0.1) is 32.4 Å². The molecule has 4 N–H and O–H groups in total. The SMILES string of the molecule is CCCCCCCCCCNCC.CCCCCCCCCCNCC.CCn1c(Nc2nc3ccc(C(F)(F)F)cc3s2)nc2cc(C(=O)O)ccc21. The lowest BCUT2D eigenvalue weighted by Crippen LogP contribution is -2.13. The van der Waals surface area contributed by atoms with E-state index in [4.69, 9.17) is 5.11 Å². The summed E-state index contributed by atoms with van der Waals surface area (Å²) in [4.78, 5) is 19.9. The Kier molecular flexibility index (Phi) is 23.8. The molecule has 54 heavy (non-hydrogen) atoms. The first-order chi connectivity index (χ1) is 26.1. The molecule has 0 bridgehead atoms. The van der Waals surface area contributed by atoms with E-state index in [1.165, 1.54) is 134 Å². The molecule has 0 atom stereocenters. The van der Waals surface area contributed by atoms with Gasteiger partial charge in [0.25, 0.3) is 0 Å². The van der Waals surface area contributed by atoms with Crippen LogP contribution >= 0.6 is 11.3 Å². The number of anilines is 2. The fourth-order valence-electron chi connectivity index (χ4n) is 6.05. The highest BCUT2D eigenvalue weighted by atomic mass is 32.1. The zero-order chi connectivity index (χ0) is 39.6. The summed E-state index contributed by atoms with van der Waals surface area (Å²) in [5.74, 6) is -0.607. The van der Waals surface area contributed by atoms with E-state index in [1.54, 1.807) is 6.07 Å². The van der Waals surface area contributed by atoms with Gasteiger partial charge in [0.15, 0.2) is 5.13 Å². The molecule has 4 rings (SSSR count). The van der Waals surface area contributed by atoms with Crippen LogP contribution in [0.15, 0.2) is 36.4 Å². The Bertz CT molecular complexity index is 1550. The molecule has 0 aliphatic carbocycles. The normalized spacial score (nSPS) is 11.3. The Morgan fingerprint density at radius 2 is 1.24 bits per heavy atom. The van der Waals surface area contributed by atoms with Gasteiger partial charge in [-0.2, -0.15) is 13.2 Å². The number of rotatable bonds is 24. The maximum absolute atomic E-state index is 12.9. The minimum absolute atomic E-state index is 0.125. The molecule has 0 spiro atoms. The van der Waals surface area contributed by atoms with E-state index in [1.807, 2.05) is 11.5 Å². The van der Waals surface area contributed by atoms with Gasteiger partial charge in [0.1, 0.15) is 0 Å². The van der Waals surface area contributed by atoms with Crippen molar-refractivity contribution in [2.24, 2.45) is 0 Å². The van der Waals surface area contributed by atoms with E-state index < -0.39 is 17.7 Å². The number of nitrogens with one attached hydrogen (secondary N) is 3. The summed E-state index contributed by atoms with van der Waals surface area (Å²) in [6.45, 7) is 16.0. The topological polar surface area (TPSA) is 104 Å². The number of carboxylic acids is 1. The summed E-state index contributed by atoms with van der Waals surface area (Å²) in [5, 5.41) is 19.3. The highest BCUT2D eigenvalue weighted by Gasteiger charge is 2.30. The van der Waals surface area contributed by atoms with E-state index in [0.717, 1.165) is 42.1 Å².